The molecule has 21 heavy (non-hydrogen) atoms. The summed E-state index contributed by atoms with van der Waals surface area (Å²) in [6, 6.07) is 0. The molecule has 1 aliphatic heterocycles. The second kappa shape index (κ2) is 4.75. The summed E-state index contributed by atoms with van der Waals surface area (Å²) in [5, 5.41) is 0. The first-order valence-electron chi connectivity index (χ1n) is 7.98. The van der Waals surface area contributed by atoms with E-state index in [1.165, 1.54) is 24.1 Å². The van der Waals surface area contributed by atoms with E-state index in [2.05, 4.69) is 9.97 Å². The molecule has 4 rings (SSSR count). The zero-order valence-electron chi connectivity index (χ0n) is 12.1. The summed E-state index contributed by atoms with van der Waals surface area (Å²) in [4.78, 5) is 22.9. The third-order valence-corrected chi connectivity index (χ3v) is 5.10. The van der Waals surface area contributed by atoms with Gasteiger partial charge in [0.05, 0.1) is 5.69 Å². The quantitative estimate of drug-likeness (QED) is 0.838. The molecule has 0 spiro atoms. The summed E-state index contributed by atoms with van der Waals surface area (Å²) in [6.45, 7) is 1.18. The van der Waals surface area contributed by atoms with Crippen LogP contribution in [-0.4, -0.2) is 39.5 Å². The molecule has 0 aromatic carbocycles. The minimum atomic E-state index is -1.58. The molecule has 4 nitrogen and oxygen atoms in total. The van der Waals surface area contributed by atoms with Crippen molar-refractivity contribution >= 4 is 5.91 Å². The molecule has 2 aliphatic carbocycles. The molecule has 0 unspecified atom stereocenters. The third-order valence-electron chi connectivity index (χ3n) is 5.10. The number of halogens is 1. The Kier molecular flexibility index (Phi) is 2.98. The Morgan fingerprint density at radius 2 is 2.00 bits per heavy atom. The predicted molar refractivity (Wildman–Crippen MR) is 75.7 cm³/mol. The molecule has 0 radical (unpaired) electrons. The molecule has 112 valence electrons. The van der Waals surface area contributed by atoms with Gasteiger partial charge in [-0.05, 0) is 44.1 Å². The van der Waals surface area contributed by atoms with Crippen molar-refractivity contribution in [1.82, 2.24) is 14.9 Å². The van der Waals surface area contributed by atoms with Crippen LogP contribution in [0.4, 0.5) is 4.39 Å². The lowest BCUT2D eigenvalue weighted by Gasteiger charge is -2.36. The molecule has 2 heterocycles. The van der Waals surface area contributed by atoms with Gasteiger partial charge in [0.25, 0.3) is 5.91 Å². The number of hydrogen-bond donors (Lipinski definition) is 0. The molecule has 1 aromatic heterocycles. The summed E-state index contributed by atoms with van der Waals surface area (Å²) in [6.07, 6.45) is 7.16. The SMILES string of the molecule is O=C(N1CCc2ncnc(C3CC3)c2CC1)C1(F)CCC1. The van der Waals surface area contributed by atoms with Crippen LogP contribution in [0.1, 0.15) is 55.0 Å². The number of hydrogen-bond acceptors (Lipinski definition) is 3. The average molecular weight is 289 g/mol. The van der Waals surface area contributed by atoms with Gasteiger partial charge in [-0.15, -0.1) is 0 Å². The number of carbonyl (C=O) groups excluding carboxylic acids is 1. The monoisotopic (exact) mass is 289 g/mol. The van der Waals surface area contributed by atoms with Gasteiger partial charge in [-0.3, -0.25) is 4.79 Å². The van der Waals surface area contributed by atoms with Crippen LogP contribution in [0.3, 0.4) is 0 Å². The van der Waals surface area contributed by atoms with Crippen molar-refractivity contribution in [3.05, 3.63) is 23.3 Å². The molecule has 1 amide bonds. The zero-order valence-corrected chi connectivity index (χ0v) is 12.1. The molecule has 3 aliphatic rings. The Bertz CT molecular complexity index is 581. The lowest BCUT2D eigenvalue weighted by atomic mass is 9.81. The summed E-state index contributed by atoms with van der Waals surface area (Å²) in [5.74, 6) is 0.283. The van der Waals surface area contributed by atoms with Gasteiger partial charge >= 0.3 is 0 Å². The van der Waals surface area contributed by atoms with E-state index >= 15 is 0 Å². The van der Waals surface area contributed by atoms with Gasteiger partial charge in [0.1, 0.15) is 6.33 Å². The molecular weight excluding hydrogens is 269 g/mol. The maximum absolute atomic E-state index is 14.3. The van der Waals surface area contributed by atoms with Crippen molar-refractivity contribution in [3.63, 3.8) is 0 Å². The number of aromatic nitrogens is 2. The summed E-state index contributed by atoms with van der Waals surface area (Å²) < 4.78 is 14.3. The number of alkyl halides is 1. The van der Waals surface area contributed by atoms with E-state index in [0.717, 1.165) is 25.0 Å². The number of nitrogens with zero attached hydrogens (tertiary/aromatic N) is 3. The Balaban J connectivity index is 1.54. The van der Waals surface area contributed by atoms with Crippen LogP contribution < -0.4 is 0 Å². The minimum Gasteiger partial charge on any atom is -0.339 e. The van der Waals surface area contributed by atoms with E-state index in [1.807, 2.05) is 0 Å². The molecule has 0 bridgehead atoms. The van der Waals surface area contributed by atoms with E-state index in [4.69, 9.17) is 0 Å². The normalized spacial score (nSPS) is 24.0. The Hall–Kier alpha value is -1.52. The van der Waals surface area contributed by atoms with Crippen LogP contribution in [0.15, 0.2) is 6.33 Å². The van der Waals surface area contributed by atoms with E-state index in [-0.39, 0.29) is 5.91 Å². The van der Waals surface area contributed by atoms with Gasteiger partial charge < -0.3 is 4.90 Å². The predicted octanol–water partition coefficient (Wildman–Crippen LogP) is 2.17. The summed E-state index contributed by atoms with van der Waals surface area (Å²) in [5.41, 5.74) is 1.87. The van der Waals surface area contributed by atoms with Crippen LogP contribution in [0.2, 0.25) is 0 Å². The largest absolute Gasteiger partial charge is 0.339 e. The highest BCUT2D eigenvalue weighted by atomic mass is 19.1. The first-order chi connectivity index (χ1) is 10.2. The highest BCUT2D eigenvalue weighted by molar-refractivity contribution is 5.86. The van der Waals surface area contributed by atoms with E-state index in [1.54, 1.807) is 11.2 Å². The van der Waals surface area contributed by atoms with Gasteiger partial charge in [0.15, 0.2) is 5.67 Å². The number of fused-ring (bicyclic) bond motifs is 1. The van der Waals surface area contributed by atoms with Gasteiger partial charge in [0, 0.05) is 31.1 Å². The van der Waals surface area contributed by atoms with E-state index in [9.17, 15) is 9.18 Å². The zero-order chi connectivity index (χ0) is 14.4. The number of carbonyl (C=O) groups is 1. The highest BCUT2D eigenvalue weighted by Crippen LogP contribution is 2.42. The van der Waals surface area contributed by atoms with Crippen molar-refractivity contribution < 1.29 is 9.18 Å². The van der Waals surface area contributed by atoms with Crippen LogP contribution in [0.25, 0.3) is 0 Å². The fraction of sp³-hybridized carbons (Fsp3) is 0.688. The average Bonchev–Trinajstić information content (AvgIpc) is 3.29. The lowest BCUT2D eigenvalue weighted by Crippen LogP contribution is -2.51. The first kappa shape index (κ1) is 13.2. The molecule has 1 aromatic rings. The van der Waals surface area contributed by atoms with Crippen molar-refractivity contribution in [2.24, 2.45) is 0 Å². The molecule has 2 fully saturated rings. The van der Waals surface area contributed by atoms with Gasteiger partial charge in [0.2, 0.25) is 0 Å². The highest BCUT2D eigenvalue weighted by Gasteiger charge is 2.47. The Morgan fingerprint density at radius 1 is 1.24 bits per heavy atom. The van der Waals surface area contributed by atoms with E-state index < -0.39 is 5.67 Å². The van der Waals surface area contributed by atoms with Crippen LogP contribution in [0.5, 0.6) is 0 Å². The molecule has 0 N–H and O–H groups in total. The van der Waals surface area contributed by atoms with E-state index in [0.29, 0.717) is 31.8 Å². The maximum atomic E-state index is 14.3. The van der Waals surface area contributed by atoms with Crippen molar-refractivity contribution in [2.75, 3.05) is 13.1 Å². The maximum Gasteiger partial charge on any atom is 0.260 e. The van der Waals surface area contributed by atoms with Crippen LogP contribution in [-0.2, 0) is 17.6 Å². The second-order valence-electron chi connectivity index (χ2n) is 6.57. The topological polar surface area (TPSA) is 46.1 Å². The van der Waals surface area contributed by atoms with Crippen molar-refractivity contribution in [2.45, 2.75) is 56.5 Å². The fourth-order valence-corrected chi connectivity index (χ4v) is 3.45. The smallest absolute Gasteiger partial charge is 0.260 e. The first-order valence-corrected chi connectivity index (χ1v) is 7.98. The molecule has 0 saturated heterocycles. The van der Waals surface area contributed by atoms with Crippen LogP contribution in [0, 0.1) is 0 Å². The van der Waals surface area contributed by atoms with Gasteiger partial charge in [-0.1, -0.05) is 0 Å². The minimum absolute atomic E-state index is 0.303. The fourth-order valence-electron chi connectivity index (χ4n) is 3.45. The van der Waals surface area contributed by atoms with Crippen molar-refractivity contribution in [3.8, 4) is 0 Å². The Labute approximate surface area is 123 Å². The molecular formula is C16H20FN3O. The van der Waals surface area contributed by atoms with Crippen LogP contribution >= 0.6 is 0 Å². The third kappa shape index (κ3) is 2.23. The van der Waals surface area contributed by atoms with Crippen molar-refractivity contribution in [1.29, 1.82) is 0 Å². The second-order valence-corrected chi connectivity index (χ2v) is 6.57. The Morgan fingerprint density at radius 3 is 2.67 bits per heavy atom. The molecule has 2 saturated carbocycles. The standard InChI is InChI=1S/C16H20FN3O/c17-16(6-1-7-16)15(21)20-8-4-12-13(5-9-20)18-10-19-14(12)11-2-3-11/h10-11H,1-9H2. The van der Waals surface area contributed by atoms with Gasteiger partial charge in [-0.2, -0.15) is 0 Å². The molecule has 0 atom stereocenters. The number of rotatable bonds is 2. The lowest BCUT2D eigenvalue weighted by molar-refractivity contribution is -0.149. The summed E-state index contributed by atoms with van der Waals surface area (Å²) in [7, 11) is 0. The molecule has 5 heteroatoms. The number of amides is 1. The summed E-state index contributed by atoms with van der Waals surface area (Å²) >= 11 is 0. The van der Waals surface area contributed by atoms with Gasteiger partial charge in [-0.25, -0.2) is 14.4 Å².